The number of nitriles is 1. The molecule has 1 aromatic carbocycles. The van der Waals surface area contributed by atoms with E-state index in [1.54, 1.807) is 14.2 Å². The molecule has 7 rings (SSSR count). The first-order chi connectivity index (χ1) is 15.5. The highest BCUT2D eigenvalue weighted by molar-refractivity contribution is 5.85. The maximum absolute atomic E-state index is 10.1. The van der Waals surface area contributed by atoms with Gasteiger partial charge in [-0.25, -0.2) is 0 Å². The fourth-order valence-electron chi connectivity index (χ4n) is 7.51. The van der Waals surface area contributed by atoms with Crippen molar-refractivity contribution in [2.75, 3.05) is 14.2 Å². The molecular weight excluding hydrogens is 404 g/mol. The fourth-order valence-corrected chi connectivity index (χ4v) is 7.51. The van der Waals surface area contributed by atoms with E-state index < -0.39 is 5.92 Å². The first-order valence-corrected chi connectivity index (χ1v) is 11.5. The maximum atomic E-state index is 10.1. The quantitative estimate of drug-likeness (QED) is 0.738. The predicted octanol–water partition coefficient (Wildman–Crippen LogP) is 4.54. The van der Waals surface area contributed by atoms with Crippen LogP contribution in [0, 0.1) is 40.4 Å². The average Bonchev–Trinajstić information content (AvgIpc) is 3.21. The van der Waals surface area contributed by atoms with E-state index >= 15 is 0 Å². The molecule has 5 aliphatic rings. The molecule has 0 saturated heterocycles. The van der Waals surface area contributed by atoms with Gasteiger partial charge in [-0.3, -0.25) is 10.5 Å². The van der Waals surface area contributed by atoms with Crippen LogP contribution in [0.5, 0.6) is 17.4 Å². The van der Waals surface area contributed by atoms with Crippen LogP contribution in [-0.2, 0) is 5.41 Å². The van der Waals surface area contributed by atoms with Crippen molar-refractivity contribution < 1.29 is 14.2 Å². The highest BCUT2D eigenvalue weighted by Crippen LogP contribution is 2.62. The van der Waals surface area contributed by atoms with Crippen LogP contribution >= 0.6 is 0 Å². The van der Waals surface area contributed by atoms with E-state index in [4.69, 9.17) is 19.6 Å². The topological polar surface area (TPSA) is 104 Å². The van der Waals surface area contributed by atoms with E-state index in [0.29, 0.717) is 17.4 Å². The van der Waals surface area contributed by atoms with Gasteiger partial charge in [-0.2, -0.15) is 5.26 Å². The molecule has 166 valence electrons. The molecule has 2 atom stereocenters. The van der Waals surface area contributed by atoms with Gasteiger partial charge in [-0.1, -0.05) is 0 Å². The van der Waals surface area contributed by atoms with Crippen molar-refractivity contribution in [3.05, 3.63) is 35.0 Å². The summed E-state index contributed by atoms with van der Waals surface area (Å²) in [6.45, 7) is 0. The lowest BCUT2D eigenvalue weighted by atomic mass is 9.48. The molecule has 32 heavy (non-hydrogen) atoms. The molecule has 0 radical (unpaired) electrons. The van der Waals surface area contributed by atoms with Gasteiger partial charge >= 0.3 is 0 Å². The Morgan fingerprint density at radius 1 is 1.06 bits per heavy atom. The number of hydrogen-bond acceptors (Lipinski definition) is 6. The number of methoxy groups -OCH3 is 2. The number of ether oxygens (including phenoxy) is 3. The molecule has 2 unspecified atom stereocenters. The summed E-state index contributed by atoms with van der Waals surface area (Å²) in [5, 5.41) is 26.4. The molecular formula is C25H28N4O3. The SMILES string of the molecule is COc1cc(OC)cc(C2c3c(n[nH]c3C34CC5CC(CC(C5)C3)C4)OC(=N)C2C#N)c1. The highest BCUT2D eigenvalue weighted by Gasteiger charge is 2.55. The molecule has 0 spiro atoms. The zero-order valence-corrected chi connectivity index (χ0v) is 18.5. The molecule has 4 aliphatic carbocycles. The first kappa shape index (κ1) is 19.7. The van der Waals surface area contributed by atoms with E-state index in [9.17, 15) is 5.26 Å². The van der Waals surface area contributed by atoms with Crippen molar-refractivity contribution >= 4 is 5.90 Å². The van der Waals surface area contributed by atoms with Crippen molar-refractivity contribution in [1.29, 1.82) is 10.7 Å². The number of nitrogens with one attached hydrogen (secondary N) is 2. The smallest absolute Gasteiger partial charge is 0.243 e. The minimum atomic E-state index is -0.732. The molecule has 4 fully saturated rings. The number of fused-ring (bicyclic) bond motifs is 1. The van der Waals surface area contributed by atoms with E-state index in [1.807, 2.05) is 18.2 Å². The summed E-state index contributed by atoms with van der Waals surface area (Å²) in [4.78, 5) is 0. The lowest BCUT2D eigenvalue weighted by molar-refractivity contribution is -0.00777. The number of aromatic amines is 1. The summed E-state index contributed by atoms with van der Waals surface area (Å²) in [5.74, 6) is 2.97. The van der Waals surface area contributed by atoms with Gasteiger partial charge in [0.05, 0.1) is 20.3 Å². The molecule has 7 heteroatoms. The van der Waals surface area contributed by atoms with E-state index in [2.05, 4.69) is 16.3 Å². The molecule has 2 N–H and O–H groups in total. The number of hydrogen-bond donors (Lipinski definition) is 2. The van der Waals surface area contributed by atoms with Gasteiger partial charge in [0.2, 0.25) is 11.8 Å². The van der Waals surface area contributed by atoms with Crippen molar-refractivity contribution in [3.63, 3.8) is 0 Å². The Bertz CT molecular complexity index is 1070. The van der Waals surface area contributed by atoms with Gasteiger partial charge in [0.1, 0.15) is 17.4 Å². The van der Waals surface area contributed by atoms with Crippen LogP contribution in [0.25, 0.3) is 0 Å². The lowest BCUT2D eigenvalue weighted by Gasteiger charge is -2.56. The second kappa shape index (κ2) is 6.99. The van der Waals surface area contributed by atoms with Crippen LogP contribution in [0.2, 0.25) is 0 Å². The fraction of sp³-hybridized carbons (Fsp3) is 0.560. The van der Waals surface area contributed by atoms with Gasteiger partial charge in [0.25, 0.3) is 0 Å². The molecule has 4 bridgehead atoms. The van der Waals surface area contributed by atoms with Crippen LogP contribution in [0.1, 0.15) is 61.3 Å². The minimum Gasteiger partial charge on any atom is -0.497 e. The number of rotatable bonds is 4. The average molecular weight is 433 g/mol. The largest absolute Gasteiger partial charge is 0.497 e. The van der Waals surface area contributed by atoms with Gasteiger partial charge in [-0.05, 0) is 74.0 Å². The van der Waals surface area contributed by atoms with Crippen LogP contribution in [-0.4, -0.2) is 30.3 Å². The normalized spacial score (nSPS) is 34.5. The summed E-state index contributed by atoms with van der Waals surface area (Å²) < 4.78 is 16.8. The Balaban J connectivity index is 1.53. The van der Waals surface area contributed by atoms with Gasteiger partial charge in [0, 0.05) is 28.7 Å². The Morgan fingerprint density at radius 2 is 1.66 bits per heavy atom. The van der Waals surface area contributed by atoms with Crippen LogP contribution in [0.4, 0.5) is 0 Å². The Morgan fingerprint density at radius 3 is 2.19 bits per heavy atom. The maximum Gasteiger partial charge on any atom is 0.243 e. The van der Waals surface area contributed by atoms with Crippen molar-refractivity contribution in [3.8, 4) is 23.4 Å². The second-order valence-electron chi connectivity index (χ2n) is 10.2. The van der Waals surface area contributed by atoms with E-state index in [-0.39, 0.29) is 17.2 Å². The summed E-state index contributed by atoms with van der Waals surface area (Å²) in [6, 6.07) is 8.04. The number of aromatic nitrogens is 2. The summed E-state index contributed by atoms with van der Waals surface area (Å²) in [5.41, 5.74) is 3.03. The van der Waals surface area contributed by atoms with Crippen molar-refractivity contribution in [2.24, 2.45) is 23.7 Å². The minimum absolute atomic E-state index is 0.0599. The number of benzene rings is 1. The third kappa shape index (κ3) is 2.78. The summed E-state index contributed by atoms with van der Waals surface area (Å²) in [7, 11) is 3.24. The van der Waals surface area contributed by atoms with Crippen molar-refractivity contribution in [1.82, 2.24) is 10.2 Å². The first-order valence-electron chi connectivity index (χ1n) is 11.5. The molecule has 0 amide bonds. The zero-order chi connectivity index (χ0) is 22.0. The summed E-state index contributed by atoms with van der Waals surface area (Å²) in [6.07, 6.45) is 7.60. The van der Waals surface area contributed by atoms with E-state index in [0.717, 1.165) is 34.6 Å². The van der Waals surface area contributed by atoms with Crippen LogP contribution in [0.15, 0.2) is 18.2 Å². The van der Waals surface area contributed by atoms with Crippen LogP contribution in [0.3, 0.4) is 0 Å². The standard InChI is InChI=1S/C25H28N4O3/c1-30-17-6-16(7-18(8-17)31-2)20-19(12-26)23(27)32-24-21(20)22(28-29-24)25-9-13-3-14(10-25)5-15(4-13)11-25/h6-8,13-15,19-20,27H,3-5,9-11H2,1-2H3,(H,28,29). The molecule has 1 aromatic heterocycles. The van der Waals surface area contributed by atoms with Crippen LogP contribution < -0.4 is 14.2 Å². The van der Waals surface area contributed by atoms with Gasteiger partial charge in [-0.15, -0.1) is 5.10 Å². The number of nitrogens with zero attached hydrogens (tertiary/aromatic N) is 2. The summed E-state index contributed by atoms with van der Waals surface area (Å²) >= 11 is 0. The zero-order valence-electron chi connectivity index (χ0n) is 18.5. The lowest BCUT2D eigenvalue weighted by Crippen LogP contribution is -2.49. The third-order valence-corrected chi connectivity index (χ3v) is 8.34. The highest BCUT2D eigenvalue weighted by atomic mass is 16.5. The molecule has 7 nitrogen and oxygen atoms in total. The molecule has 2 aromatic rings. The Labute approximate surface area is 187 Å². The number of H-pyrrole nitrogens is 1. The van der Waals surface area contributed by atoms with Gasteiger partial charge < -0.3 is 14.2 Å². The second-order valence-corrected chi connectivity index (χ2v) is 10.2. The monoisotopic (exact) mass is 432 g/mol. The Hall–Kier alpha value is -3.01. The Kier molecular flexibility index (Phi) is 4.30. The molecule has 1 aliphatic heterocycles. The van der Waals surface area contributed by atoms with E-state index in [1.165, 1.54) is 38.5 Å². The van der Waals surface area contributed by atoms with Gasteiger partial charge in [0.15, 0.2) is 0 Å². The molecule has 2 heterocycles. The third-order valence-electron chi connectivity index (χ3n) is 8.34. The predicted molar refractivity (Wildman–Crippen MR) is 117 cm³/mol. The van der Waals surface area contributed by atoms with Crippen molar-refractivity contribution in [2.45, 2.75) is 49.9 Å². The molecule has 4 saturated carbocycles.